The van der Waals surface area contributed by atoms with Gasteiger partial charge in [-0.1, -0.05) is 61.8 Å². The van der Waals surface area contributed by atoms with E-state index in [0.29, 0.717) is 5.56 Å². The summed E-state index contributed by atoms with van der Waals surface area (Å²) in [5, 5.41) is 3.10. The minimum absolute atomic E-state index is 0.128. The molecule has 0 aliphatic rings. The maximum Gasteiger partial charge on any atom is 0.261 e. The fourth-order valence-corrected chi connectivity index (χ4v) is 4.46. The van der Waals surface area contributed by atoms with Gasteiger partial charge < -0.3 is 5.32 Å². The van der Waals surface area contributed by atoms with E-state index in [1.165, 1.54) is 30.3 Å². The van der Waals surface area contributed by atoms with Gasteiger partial charge in [0.2, 0.25) is 0 Å². The molecule has 0 spiro atoms. The molecule has 0 saturated heterocycles. The van der Waals surface area contributed by atoms with Crippen molar-refractivity contribution in [1.29, 1.82) is 0 Å². The summed E-state index contributed by atoms with van der Waals surface area (Å²) in [4.78, 5) is 12.9. The molecule has 0 aliphatic carbocycles. The van der Waals surface area contributed by atoms with Crippen molar-refractivity contribution in [3.8, 4) is 0 Å². The number of hydrogen-bond donors (Lipinski definition) is 2. The Bertz CT molecular complexity index is 1180. The average molecular weight is 443 g/mol. The number of benzene rings is 3. The van der Waals surface area contributed by atoms with E-state index in [0.717, 1.165) is 16.8 Å². The molecule has 0 heterocycles. The van der Waals surface area contributed by atoms with Gasteiger partial charge in [-0.15, -0.1) is 0 Å². The average Bonchev–Trinajstić information content (AvgIpc) is 2.71. The number of sulfonamides is 1. The molecule has 2 N–H and O–H groups in total. The van der Waals surface area contributed by atoms with E-state index in [9.17, 15) is 13.2 Å². The Morgan fingerprint density at radius 1 is 0.967 bits per heavy atom. The van der Waals surface area contributed by atoms with E-state index in [2.05, 4.69) is 23.9 Å². The number of halogens is 1. The lowest BCUT2D eigenvalue weighted by molar-refractivity contribution is 0.102. The predicted molar refractivity (Wildman–Crippen MR) is 122 cm³/mol. The highest BCUT2D eigenvalue weighted by Crippen LogP contribution is 2.29. The van der Waals surface area contributed by atoms with Crippen LogP contribution in [-0.2, 0) is 10.0 Å². The third-order valence-electron chi connectivity index (χ3n) is 4.69. The molecule has 30 heavy (non-hydrogen) atoms. The molecule has 1 amide bonds. The zero-order valence-corrected chi connectivity index (χ0v) is 18.5. The summed E-state index contributed by atoms with van der Waals surface area (Å²) in [6.45, 7) is 6.07. The van der Waals surface area contributed by atoms with Gasteiger partial charge >= 0.3 is 0 Å². The Morgan fingerprint density at radius 2 is 1.67 bits per heavy atom. The van der Waals surface area contributed by atoms with Gasteiger partial charge in [-0.05, 0) is 54.3 Å². The lowest BCUT2D eigenvalue weighted by Gasteiger charge is -2.17. The van der Waals surface area contributed by atoms with Gasteiger partial charge in [0.25, 0.3) is 15.9 Å². The number of carbonyl (C=O) groups excluding carboxylic acids is 1. The molecule has 0 radical (unpaired) electrons. The quantitative estimate of drug-likeness (QED) is 0.504. The zero-order chi connectivity index (χ0) is 21.9. The number of amides is 1. The summed E-state index contributed by atoms with van der Waals surface area (Å²) < 4.78 is 27.5. The third kappa shape index (κ3) is 4.83. The number of carbonyl (C=O) groups is 1. The van der Waals surface area contributed by atoms with Gasteiger partial charge in [-0.25, -0.2) is 8.42 Å². The van der Waals surface area contributed by atoms with Gasteiger partial charge in [0, 0.05) is 11.3 Å². The Morgan fingerprint density at radius 3 is 2.30 bits per heavy atom. The predicted octanol–water partition coefficient (Wildman–Crippen LogP) is 5.82. The maximum absolute atomic E-state index is 12.8. The first kappa shape index (κ1) is 21.9. The Hall–Kier alpha value is -2.83. The van der Waals surface area contributed by atoms with Crippen molar-refractivity contribution >= 4 is 38.9 Å². The van der Waals surface area contributed by atoms with Crippen LogP contribution in [0.3, 0.4) is 0 Å². The van der Waals surface area contributed by atoms with E-state index in [4.69, 9.17) is 11.6 Å². The first-order valence-electron chi connectivity index (χ1n) is 9.47. The molecule has 0 saturated carbocycles. The fraction of sp³-hybridized carbons (Fsp3) is 0.174. The number of anilines is 2. The van der Waals surface area contributed by atoms with Crippen molar-refractivity contribution < 1.29 is 13.2 Å². The molecule has 3 aromatic carbocycles. The summed E-state index contributed by atoms with van der Waals surface area (Å²) in [5.41, 5.74) is 3.33. The summed E-state index contributed by atoms with van der Waals surface area (Å²) in [6.07, 6.45) is 0. The molecule has 3 rings (SSSR count). The van der Waals surface area contributed by atoms with Crippen LogP contribution in [0.2, 0.25) is 5.02 Å². The van der Waals surface area contributed by atoms with Gasteiger partial charge in [0.05, 0.1) is 15.6 Å². The van der Waals surface area contributed by atoms with E-state index in [-0.39, 0.29) is 27.4 Å². The van der Waals surface area contributed by atoms with Crippen LogP contribution in [0.4, 0.5) is 11.4 Å². The van der Waals surface area contributed by atoms with Crippen molar-refractivity contribution in [3.05, 3.63) is 88.4 Å². The number of rotatable bonds is 6. The highest BCUT2D eigenvalue weighted by molar-refractivity contribution is 7.92. The third-order valence-corrected chi connectivity index (χ3v) is 6.39. The standard InChI is InChI=1S/C23H23ClN2O3S/c1-15(2)19-11-7-8-16(3)22(19)25-23(27)17-12-13-21(20(24)14-17)26-30(28,29)18-9-5-4-6-10-18/h4-15,26H,1-3H3,(H,25,27). The molecule has 0 aliphatic heterocycles. The number of aryl methyl sites for hydroxylation is 1. The molecule has 0 unspecified atom stereocenters. The van der Waals surface area contributed by atoms with Crippen molar-refractivity contribution in [2.75, 3.05) is 10.0 Å². The lowest BCUT2D eigenvalue weighted by atomic mass is 9.98. The van der Waals surface area contributed by atoms with E-state index < -0.39 is 10.0 Å². The smallest absolute Gasteiger partial charge is 0.261 e. The minimum Gasteiger partial charge on any atom is -0.321 e. The minimum atomic E-state index is -3.77. The van der Waals surface area contributed by atoms with Crippen LogP contribution in [0.25, 0.3) is 0 Å². The van der Waals surface area contributed by atoms with Gasteiger partial charge in [-0.3, -0.25) is 9.52 Å². The first-order valence-corrected chi connectivity index (χ1v) is 11.3. The molecule has 7 heteroatoms. The van der Waals surface area contributed by atoms with Crippen LogP contribution in [0, 0.1) is 6.92 Å². The van der Waals surface area contributed by atoms with Crippen molar-refractivity contribution in [2.45, 2.75) is 31.6 Å². The summed E-state index contributed by atoms with van der Waals surface area (Å²) in [5.74, 6) is -0.0656. The van der Waals surface area contributed by atoms with Crippen molar-refractivity contribution in [1.82, 2.24) is 0 Å². The molecular formula is C23H23ClN2O3S. The van der Waals surface area contributed by atoms with Crippen LogP contribution in [-0.4, -0.2) is 14.3 Å². The van der Waals surface area contributed by atoms with Crippen LogP contribution in [0.1, 0.15) is 41.3 Å². The Kier molecular flexibility index (Phi) is 6.48. The topological polar surface area (TPSA) is 75.3 Å². The van der Waals surface area contributed by atoms with Crippen LogP contribution in [0.15, 0.2) is 71.6 Å². The SMILES string of the molecule is Cc1cccc(C(C)C)c1NC(=O)c1ccc(NS(=O)(=O)c2ccccc2)c(Cl)c1. The molecule has 0 aromatic heterocycles. The van der Waals surface area contributed by atoms with Crippen LogP contribution in [0.5, 0.6) is 0 Å². The zero-order valence-electron chi connectivity index (χ0n) is 16.9. The summed E-state index contributed by atoms with van der Waals surface area (Å²) in [6, 6.07) is 18.4. The Labute approximate surface area is 182 Å². The second kappa shape index (κ2) is 8.90. The molecule has 0 bridgehead atoms. The second-order valence-electron chi connectivity index (χ2n) is 7.26. The number of para-hydroxylation sites is 1. The lowest BCUT2D eigenvalue weighted by Crippen LogP contribution is -2.16. The summed E-state index contributed by atoms with van der Waals surface area (Å²) in [7, 11) is -3.77. The Balaban J connectivity index is 1.83. The molecule has 0 atom stereocenters. The van der Waals surface area contributed by atoms with Gasteiger partial charge in [0.15, 0.2) is 0 Å². The first-order chi connectivity index (χ1) is 14.2. The monoisotopic (exact) mass is 442 g/mol. The van der Waals surface area contributed by atoms with Gasteiger partial charge in [-0.2, -0.15) is 0 Å². The number of hydrogen-bond acceptors (Lipinski definition) is 3. The molecule has 3 aromatic rings. The number of nitrogens with one attached hydrogen (secondary N) is 2. The maximum atomic E-state index is 12.8. The van der Waals surface area contributed by atoms with E-state index in [1.54, 1.807) is 18.2 Å². The molecule has 156 valence electrons. The second-order valence-corrected chi connectivity index (χ2v) is 9.35. The van der Waals surface area contributed by atoms with Crippen molar-refractivity contribution in [2.24, 2.45) is 0 Å². The summed E-state index contributed by atoms with van der Waals surface area (Å²) >= 11 is 6.28. The van der Waals surface area contributed by atoms with Crippen LogP contribution < -0.4 is 10.0 Å². The van der Waals surface area contributed by atoms with Crippen LogP contribution >= 0.6 is 11.6 Å². The molecule has 5 nitrogen and oxygen atoms in total. The molecule has 0 fully saturated rings. The van der Waals surface area contributed by atoms with E-state index >= 15 is 0 Å². The van der Waals surface area contributed by atoms with Gasteiger partial charge in [0.1, 0.15) is 0 Å². The highest BCUT2D eigenvalue weighted by Gasteiger charge is 2.18. The largest absolute Gasteiger partial charge is 0.321 e. The molecular weight excluding hydrogens is 420 g/mol. The normalized spacial score (nSPS) is 11.4. The van der Waals surface area contributed by atoms with Crippen molar-refractivity contribution in [3.63, 3.8) is 0 Å². The van der Waals surface area contributed by atoms with E-state index in [1.807, 2.05) is 25.1 Å². The fourth-order valence-electron chi connectivity index (χ4n) is 3.07. The highest BCUT2D eigenvalue weighted by atomic mass is 35.5.